The van der Waals surface area contributed by atoms with Crippen LogP contribution in [0.5, 0.6) is 0 Å². The van der Waals surface area contributed by atoms with Gasteiger partial charge < -0.3 is 4.43 Å². The van der Waals surface area contributed by atoms with Gasteiger partial charge in [-0.1, -0.05) is 45.8 Å². The van der Waals surface area contributed by atoms with Gasteiger partial charge in [-0.25, -0.2) is 0 Å². The van der Waals surface area contributed by atoms with Crippen molar-refractivity contribution < 1.29 is 4.43 Å². The normalized spacial score (nSPS) is 36.4. The molecule has 1 nitrogen and oxygen atoms in total. The molecule has 0 heterocycles. The van der Waals surface area contributed by atoms with E-state index in [2.05, 4.69) is 40.7 Å². The maximum Gasteiger partial charge on any atom is 0.192 e. The van der Waals surface area contributed by atoms with Gasteiger partial charge in [0.15, 0.2) is 8.32 Å². The van der Waals surface area contributed by atoms with E-state index in [1.165, 1.54) is 50.2 Å². The Morgan fingerprint density at radius 3 is 2.40 bits per heavy atom. The van der Waals surface area contributed by atoms with Crippen LogP contribution in [0, 0.1) is 11.3 Å². The summed E-state index contributed by atoms with van der Waals surface area (Å²) >= 11 is 0. The molecule has 0 spiro atoms. The number of fused-ring (bicyclic) bond motifs is 1. The standard InChI is InChI=1S/C18H34OSi/c1-6-15-12-13-16-17(11-10-14-18(15,16)5)19-20(7-2,8-3)9-4/h6,16-17H,7-14H2,1-5H3/b15-6-/t16-,17-,18+/m0/s1. The van der Waals surface area contributed by atoms with E-state index in [-0.39, 0.29) is 0 Å². The molecule has 0 aromatic rings. The fourth-order valence-corrected chi connectivity index (χ4v) is 7.83. The second kappa shape index (κ2) is 6.35. The summed E-state index contributed by atoms with van der Waals surface area (Å²) in [6, 6.07) is 3.86. The number of hydrogen-bond donors (Lipinski definition) is 0. The first-order chi connectivity index (χ1) is 9.55. The summed E-state index contributed by atoms with van der Waals surface area (Å²) in [5.41, 5.74) is 2.17. The van der Waals surface area contributed by atoms with Gasteiger partial charge in [-0.15, -0.1) is 0 Å². The number of allylic oxidation sites excluding steroid dienone is 2. The third-order valence-corrected chi connectivity index (χ3v) is 11.3. The van der Waals surface area contributed by atoms with E-state index in [0.29, 0.717) is 11.5 Å². The summed E-state index contributed by atoms with van der Waals surface area (Å²) < 4.78 is 6.91. The number of hydrogen-bond acceptors (Lipinski definition) is 1. The van der Waals surface area contributed by atoms with E-state index in [0.717, 1.165) is 5.92 Å². The largest absolute Gasteiger partial charge is 0.414 e. The smallest absolute Gasteiger partial charge is 0.192 e. The van der Waals surface area contributed by atoms with Crippen molar-refractivity contribution >= 4 is 8.32 Å². The predicted octanol–water partition coefficient (Wildman–Crippen LogP) is 5.92. The van der Waals surface area contributed by atoms with E-state index in [1.807, 2.05) is 0 Å². The van der Waals surface area contributed by atoms with Crippen LogP contribution in [0.25, 0.3) is 0 Å². The first-order valence-electron chi connectivity index (χ1n) is 8.88. The lowest BCUT2D eigenvalue weighted by atomic mass is 9.66. The van der Waals surface area contributed by atoms with Crippen LogP contribution in [0.15, 0.2) is 11.6 Å². The first-order valence-corrected chi connectivity index (χ1v) is 11.4. The van der Waals surface area contributed by atoms with E-state index in [4.69, 9.17) is 4.43 Å². The van der Waals surface area contributed by atoms with Crippen LogP contribution in [-0.4, -0.2) is 14.4 Å². The summed E-state index contributed by atoms with van der Waals surface area (Å²) in [5, 5.41) is 0. The van der Waals surface area contributed by atoms with Crippen LogP contribution >= 0.6 is 0 Å². The number of rotatable bonds is 5. The Kier molecular flexibility index (Phi) is 5.17. The molecule has 2 fully saturated rings. The Bertz CT molecular complexity index is 350. The Morgan fingerprint density at radius 2 is 1.85 bits per heavy atom. The van der Waals surface area contributed by atoms with Gasteiger partial charge in [-0.2, -0.15) is 0 Å². The first kappa shape index (κ1) is 16.3. The second-order valence-corrected chi connectivity index (χ2v) is 11.9. The summed E-state index contributed by atoms with van der Waals surface area (Å²) in [6.45, 7) is 11.8. The highest BCUT2D eigenvalue weighted by Crippen LogP contribution is 2.56. The molecule has 2 saturated carbocycles. The third kappa shape index (κ3) is 2.66. The van der Waals surface area contributed by atoms with Crippen molar-refractivity contribution in [2.75, 3.05) is 0 Å². The lowest BCUT2D eigenvalue weighted by Crippen LogP contribution is -2.47. The molecule has 0 aromatic heterocycles. The zero-order chi connectivity index (χ0) is 14.8. The quantitative estimate of drug-likeness (QED) is 0.451. The molecule has 2 aliphatic carbocycles. The third-order valence-electron chi connectivity index (χ3n) is 6.59. The Morgan fingerprint density at radius 1 is 1.20 bits per heavy atom. The van der Waals surface area contributed by atoms with E-state index in [9.17, 15) is 0 Å². The van der Waals surface area contributed by atoms with E-state index < -0.39 is 8.32 Å². The molecule has 0 aromatic carbocycles. The fraction of sp³-hybridized carbons (Fsp3) is 0.889. The lowest BCUT2D eigenvalue weighted by molar-refractivity contribution is 0.0249. The molecule has 2 rings (SSSR count). The molecule has 2 aliphatic rings. The van der Waals surface area contributed by atoms with E-state index in [1.54, 1.807) is 5.57 Å². The monoisotopic (exact) mass is 294 g/mol. The molecule has 3 atom stereocenters. The Hall–Kier alpha value is -0.0831. The van der Waals surface area contributed by atoms with Gasteiger partial charge in [-0.3, -0.25) is 0 Å². The van der Waals surface area contributed by atoms with Crippen LogP contribution in [0.1, 0.15) is 66.7 Å². The molecule has 116 valence electrons. The average molecular weight is 295 g/mol. The molecule has 0 aliphatic heterocycles. The second-order valence-electron chi connectivity index (χ2n) is 7.17. The lowest BCUT2D eigenvalue weighted by Gasteiger charge is -2.46. The highest BCUT2D eigenvalue weighted by molar-refractivity contribution is 6.73. The van der Waals surface area contributed by atoms with Gasteiger partial charge >= 0.3 is 0 Å². The van der Waals surface area contributed by atoms with Crippen molar-refractivity contribution in [3.05, 3.63) is 11.6 Å². The molecule has 0 amide bonds. The maximum absolute atomic E-state index is 6.91. The van der Waals surface area contributed by atoms with Gasteiger partial charge in [-0.05, 0) is 62.1 Å². The van der Waals surface area contributed by atoms with Crippen LogP contribution in [0.4, 0.5) is 0 Å². The van der Waals surface area contributed by atoms with Crippen molar-refractivity contribution in [3.8, 4) is 0 Å². The van der Waals surface area contributed by atoms with Crippen molar-refractivity contribution in [1.82, 2.24) is 0 Å². The highest BCUT2D eigenvalue weighted by atomic mass is 28.4. The molecule has 0 saturated heterocycles. The zero-order valence-electron chi connectivity index (χ0n) is 14.3. The topological polar surface area (TPSA) is 9.23 Å². The van der Waals surface area contributed by atoms with Gasteiger partial charge in [0.1, 0.15) is 0 Å². The van der Waals surface area contributed by atoms with Crippen molar-refractivity contribution in [3.63, 3.8) is 0 Å². The molecular weight excluding hydrogens is 260 g/mol. The molecule has 0 radical (unpaired) electrons. The molecular formula is C18H34OSi. The minimum atomic E-state index is -1.45. The summed E-state index contributed by atoms with van der Waals surface area (Å²) in [7, 11) is -1.45. The zero-order valence-corrected chi connectivity index (χ0v) is 15.3. The van der Waals surface area contributed by atoms with Crippen LogP contribution in [0.2, 0.25) is 18.1 Å². The average Bonchev–Trinajstić information content (AvgIpc) is 2.82. The van der Waals surface area contributed by atoms with Crippen molar-refractivity contribution in [1.29, 1.82) is 0 Å². The van der Waals surface area contributed by atoms with Crippen LogP contribution < -0.4 is 0 Å². The van der Waals surface area contributed by atoms with Gasteiger partial charge in [0, 0.05) is 6.10 Å². The predicted molar refractivity (Wildman–Crippen MR) is 90.5 cm³/mol. The van der Waals surface area contributed by atoms with Crippen LogP contribution in [-0.2, 0) is 4.43 Å². The van der Waals surface area contributed by atoms with Gasteiger partial charge in [0.25, 0.3) is 0 Å². The molecule has 0 N–H and O–H groups in total. The van der Waals surface area contributed by atoms with E-state index >= 15 is 0 Å². The Balaban J connectivity index is 2.18. The molecule has 2 heteroatoms. The summed E-state index contributed by atoms with van der Waals surface area (Å²) in [5.74, 6) is 0.791. The van der Waals surface area contributed by atoms with Crippen molar-refractivity contribution in [2.45, 2.75) is 91.0 Å². The highest BCUT2D eigenvalue weighted by Gasteiger charge is 2.49. The van der Waals surface area contributed by atoms with Crippen LogP contribution in [0.3, 0.4) is 0 Å². The minimum Gasteiger partial charge on any atom is -0.414 e. The van der Waals surface area contributed by atoms with Gasteiger partial charge in [0.05, 0.1) is 0 Å². The van der Waals surface area contributed by atoms with Crippen molar-refractivity contribution in [2.24, 2.45) is 11.3 Å². The summed E-state index contributed by atoms with van der Waals surface area (Å²) in [4.78, 5) is 0. The summed E-state index contributed by atoms with van der Waals surface area (Å²) in [6.07, 6.45) is 9.68. The molecule has 0 bridgehead atoms. The molecule has 20 heavy (non-hydrogen) atoms. The minimum absolute atomic E-state index is 0.451. The Labute approximate surface area is 127 Å². The fourth-order valence-electron chi connectivity index (χ4n) is 4.90. The molecule has 0 unspecified atom stereocenters. The maximum atomic E-state index is 6.91. The van der Waals surface area contributed by atoms with Gasteiger partial charge in [0.2, 0.25) is 0 Å². The SMILES string of the molecule is C/C=C1/CC[C@H]2[C@@H](O[Si](CC)(CC)CC)CCC[C@]12C.